The van der Waals surface area contributed by atoms with E-state index in [-0.39, 0.29) is 6.10 Å². The molecular weight excluding hydrogens is 955 g/mol. The van der Waals surface area contributed by atoms with Crippen molar-refractivity contribution in [1.29, 1.82) is 0 Å². The first-order chi connectivity index (χ1) is 37.5. The van der Waals surface area contributed by atoms with Crippen molar-refractivity contribution >= 4 is 46.4 Å². The number of ether oxygens (including phenoxy) is 4. The van der Waals surface area contributed by atoms with Gasteiger partial charge in [0.2, 0.25) is 0 Å². The van der Waals surface area contributed by atoms with Gasteiger partial charge in [-0.2, -0.15) is 0 Å². The largest absolute Gasteiger partial charge is 0.492 e. The van der Waals surface area contributed by atoms with Gasteiger partial charge >= 0.3 is 0 Å². The monoisotopic (exact) mass is 1030 g/mol. The smallest absolute Gasteiger partial charge is 0.127 e. The van der Waals surface area contributed by atoms with Gasteiger partial charge in [-0.15, -0.1) is 0 Å². The predicted molar refractivity (Wildman–Crippen MR) is 321 cm³/mol. The molecule has 11 heteroatoms. The minimum atomic E-state index is 0.0949. The summed E-state index contributed by atoms with van der Waals surface area (Å²) in [4.78, 5) is 25.4. The fraction of sp³-hybridized carbons (Fsp3) is 0.333. The number of benzene rings is 4. The number of nitrogens with zero attached hydrogens (tertiary/aromatic N) is 5. The number of H-pyrrole nitrogens is 2. The number of aromatic amines is 2. The zero-order valence-corrected chi connectivity index (χ0v) is 46.5. The summed E-state index contributed by atoms with van der Waals surface area (Å²) in [7, 11) is 12.3. The summed E-state index contributed by atoms with van der Waals surface area (Å²) in [5.74, 6) is 3.30. The van der Waals surface area contributed by atoms with Crippen molar-refractivity contribution in [2.75, 3.05) is 81.7 Å². The third kappa shape index (κ3) is 13.8. The third-order valence-electron chi connectivity index (χ3n) is 14.0. The predicted octanol–water partition coefficient (Wildman–Crippen LogP) is 14.7. The Balaban J connectivity index is 1.30. The van der Waals surface area contributed by atoms with Crippen molar-refractivity contribution in [2.24, 2.45) is 0 Å². The minimum Gasteiger partial charge on any atom is -0.492 e. The van der Waals surface area contributed by atoms with E-state index in [1.165, 1.54) is 19.3 Å². The van der Waals surface area contributed by atoms with Crippen LogP contribution >= 0.6 is 0 Å². The first-order valence-electron chi connectivity index (χ1n) is 27.6. The van der Waals surface area contributed by atoms with Crippen molar-refractivity contribution in [1.82, 2.24) is 34.6 Å². The molecule has 1 unspecified atom stereocenters. The van der Waals surface area contributed by atoms with E-state index in [2.05, 4.69) is 226 Å². The molecule has 8 bridgehead atoms. The Hall–Kier alpha value is -7.44. The first-order valence-corrected chi connectivity index (χ1v) is 27.6. The maximum Gasteiger partial charge on any atom is 0.127 e. The van der Waals surface area contributed by atoms with Gasteiger partial charge in [-0.3, -0.25) is 0 Å². The van der Waals surface area contributed by atoms with E-state index in [9.17, 15) is 0 Å². The molecular formula is C66H77N7O4. The summed E-state index contributed by atoms with van der Waals surface area (Å²) in [6.45, 7) is 8.76. The molecule has 3 aromatic heterocycles. The van der Waals surface area contributed by atoms with Crippen LogP contribution in [0.15, 0.2) is 121 Å². The first kappa shape index (κ1) is 54.4. The standard InChI is InChI=1S/C66H77N7O4/c1-9-11-12-13-17-52(16-10-2)77-62-19-15-14-18-53(62)66-60-38-36-58(69-60)64(47-22-28-50(29-23-47)75-44-41-72(5)6)56-34-32-54(67-56)63(46-20-26-49(27-21-46)74-43-40-71(3)4)55-33-35-57(68-55)65(59-37-39-61(66)70-59)48-24-30-51(31-25-48)76-45-42-73(7)8/h14-15,18-39,52,67,70H,9-13,16-17,40-45H2,1-8H3. The molecule has 400 valence electrons. The summed E-state index contributed by atoms with van der Waals surface area (Å²) in [6, 6.07) is 42.3. The summed E-state index contributed by atoms with van der Waals surface area (Å²) in [5, 5.41) is 0. The van der Waals surface area contributed by atoms with Gasteiger partial charge in [0.15, 0.2) is 0 Å². The molecule has 2 N–H and O–H groups in total. The molecule has 5 heterocycles. The Kier molecular flexibility index (Phi) is 18.4. The molecule has 0 saturated heterocycles. The molecule has 7 aromatic rings. The number of likely N-dealkylation sites (N-methyl/N-ethyl adjacent to an activating group) is 3. The number of unbranched alkanes of at least 4 members (excludes halogenated alkanes) is 3. The molecule has 0 radical (unpaired) electrons. The van der Waals surface area contributed by atoms with Gasteiger partial charge in [0.1, 0.15) is 42.8 Å². The highest BCUT2D eigenvalue weighted by atomic mass is 16.5. The average Bonchev–Trinajstić information content (AvgIpc) is 4.28. The third-order valence-corrected chi connectivity index (χ3v) is 14.0. The lowest BCUT2D eigenvalue weighted by atomic mass is 10.0. The topological polar surface area (TPSA) is 104 Å². The van der Waals surface area contributed by atoms with E-state index < -0.39 is 0 Å². The maximum absolute atomic E-state index is 7.13. The van der Waals surface area contributed by atoms with Crippen LogP contribution < -0.4 is 18.9 Å². The average molecular weight is 1030 g/mol. The maximum atomic E-state index is 7.13. The van der Waals surface area contributed by atoms with Crippen LogP contribution in [0, 0.1) is 0 Å². The van der Waals surface area contributed by atoms with Crippen LogP contribution in [0.5, 0.6) is 23.0 Å². The Bertz CT molecular complexity index is 3240. The van der Waals surface area contributed by atoms with Gasteiger partial charge in [-0.05, 0) is 169 Å². The molecule has 1 atom stereocenters. The SMILES string of the molecule is CCCCCCC(CCC)Oc1ccccc1-c1c2nc(c(-c3ccc(OCCN(C)C)cc3)c3ccc([nH]3)c(-c3ccc(OCCN(C)C)cc3)c3nc(c(-c4ccc(OCCN(C)C)cc4)c4ccc1[nH]4)C=C3)C=C2. The highest BCUT2D eigenvalue weighted by Gasteiger charge is 2.22. The van der Waals surface area contributed by atoms with E-state index in [0.717, 1.165) is 158 Å². The molecule has 9 rings (SSSR count). The highest BCUT2D eigenvalue weighted by Crippen LogP contribution is 2.41. The van der Waals surface area contributed by atoms with Crippen molar-refractivity contribution in [3.8, 4) is 67.5 Å². The molecule has 11 nitrogen and oxygen atoms in total. The van der Waals surface area contributed by atoms with Crippen molar-refractivity contribution in [3.63, 3.8) is 0 Å². The molecule has 0 saturated carbocycles. The number of aromatic nitrogens is 4. The Labute approximate surface area is 456 Å². The lowest BCUT2D eigenvalue weighted by Crippen LogP contribution is -2.19. The number of rotatable bonds is 25. The molecule has 0 fully saturated rings. The fourth-order valence-corrected chi connectivity index (χ4v) is 9.93. The normalized spacial score (nSPS) is 12.5. The number of para-hydroxylation sites is 1. The van der Waals surface area contributed by atoms with Crippen LogP contribution in [0.25, 0.3) is 90.9 Å². The van der Waals surface area contributed by atoms with E-state index >= 15 is 0 Å². The van der Waals surface area contributed by atoms with Crippen molar-refractivity contribution in [2.45, 2.75) is 64.9 Å². The van der Waals surface area contributed by atoms with Gasteiger partial charge < -0.3 is 43.6 Å². The van der Waals surface area contributed by atoms with Crippen molar-refractivity contribution < 1.29 is 18.9 Å². The summed E-state index contributed by atoms with van der Waals surface area (Å²) >= 11 is 0. The zero-order valence-electron chi connectivity index (χ0n) is 46.5. The highest BCUT2D eigenvalue weighted by molar-refractivity contribution is 6.00. The van der Waals surface area contributed by atoms with Crippen LogP contribution in [-0.4, -0.2) is 122 Å². The van der Waals surface area contributed by atoms with Crippen LogP contribution in [0.1, 0.15) is 81.6 Å². The second kappa shape index (κ2) is 26.1. The molecule has 0 amide bonds. The molecule has 2 aliphatic heterocycles. The lowest BCUT2D eigenvalue weighted by molar-refractivity contribution is 0.176. The molecule has 4 aromatic carbocycles. The number of fused-ring (bicyclic) bond motifs is 8. The second-order valence-electron chi connectivity index (χ2n) is 20.9. The Morgan fingerprint density at radius 2 is 0.805 bits per heavy atom. The summed E-state index contributed by atoms with van der Waals surface area (Å²) in [6.07, 6.45) is 16.5. The van der Waals surface area contributed by atoms with Gasteiger partial charge in [0.05, 0.1) is 28.9 Å². The molecule has 0 spiro atoms. The van der Waals surface area contributed by atoms with E-state index in [1.807, 2.05) is 0 Å². The van der Waals surface area contributed by atoms with Gasteiger partial charge in [0.25, 0.3) is 0 Å². The molecule has 77 heavy (non-hydrogen) atoms. The van der Waals surface area contributed by atoms with E-state index in [4.69, 9.17) is 28.9 Å². The quantitative estimate of drug-likeness (QED) is 0.0542. The Morgan fingerprint density at radius 1 is 0.416 bits per heavy atom. The van der Waals surface area contributed by atoms with Crippen LogP contribution in [-0.2, 0) is 0 Å². The van der Waals surface area contributed by atoms with Crippen LogP contribution in [0.4, 0.5) is 0 Å². The number of hydrogen-bond acceptors (Lipinski definition) is 9. The molecule has 2 aliphatic rings. The van der Waals surface area contributed by atoms with E-state index in [1.54, 1.807) is 0 Å². The summed E-state index contributed by atoms with van der Waals surface area (Å²) in [5.41, 5.74) is 14.8. The van der Waals surface area contributed by atoms with E-state index in [0.29, 0.717) is 19.8 Å². The molecule has 0 aliphatic carbocycles. The number of hydrogen-bond donors (Lipinski definition) is 2. The minimum absolute atomic E-state index is 0.0949. The van der Waals surface area contributed by atoms with Crippen molar-refractivity contribution in [3.05, 3.63) is 144 Å². The second-order valence-corrected chi connectivity index (χ2v) is 20.9. The zero-order chi connectivity index (χ0) is 53.7. The van der Waals surface area contributed by atoms with Gasteiger partial charge in [-0.1, -0.05) is 94.1 Å². The van der Waals surface area contributed by atoms with Crippen LogP contribution in [0.3, 0.4) is 0 Å². The fourth-order valence-electron chi connectivity index (χ4n) is 9.93. The van der Waals surface area contributed by atoms with Gasteiger partial charge in [-0.25, -0.2) is 9.97 Å². The van der Waals surface area contributed by atoms with Gasteiger partial charge in [0, 0.05) is 69.5 Å². The van der Waals surface area contributed by atoms with Crippen LogP contribution in [0.2, 0.25) is 0 Å². The Morgan fingerprint density at radius 3 is 1.19 bits per heavy atom. The lowest BCUT2D eigenvalue weighted by Gasteiger charge is -2.21. The number of nitrogens with one attached hydrogen (secondary N) is 2. The summed E-state index contributed by atoms with van der Waals surface area (Å²) < 4.78 is 25.7.